The molecule has 0 unspecified atom stereocenters. The van der Waals surface area contributed by atoms with Gasteiger partial charge in [-0.25, -0.2) is 0 Å². The van der Waals surface area contributed by atoms with Crippen molar-refractivity contribution in [2.75, 3.05) is 39.6 Å². The Balaban J connectivity index is 1.96. The smallest absolute Gasteiger partial charge is 0.317 e. The van der Waals surface area contributed by atoms with Crippen LogP contribution in [0.25, 0.3) is 0 Å². The maximum absolute atomic E-state index is 11.7. The fourth-order valence-corrected chi connectivity index (χ4v) is 4.33. The lowest BCUT2D eigenvalue weighted by molar-refractivity contribution is -0.138. The number of isothiocyanates is 1. The van der Waals surface area contributed by atoms with Gasteiger partial charge in [0.25, 0.3) is 12.9 Å². The van der Waals surface area contributed by atoms with Gasteiger partial charge >= 0.3 is 5.97 Å². The van der Waals surface area contributed by atoms with E-state index in [1.807, 2.05) is 57.2 Å². The molecular formula is C25H29N5O6S. The quantitative estimate of drug-likeness (QED) is 0.261. The Hall–Kier alpha value is -3.54. The number of ether oxygens (including phenoxy) is 2. The van der Waals surface area contributed by atoms with E-state index in [0.29, 0.717) is 57.8 Å². The number of aliphatic imine (C=N–C) groups is 1. The summed E-state index contributed by atoms with van der Waals surface area (Å²) in [5.74, 6) is -0.952. The summed E-state index contributed by atoms with van der Waals surface area (Å²) in [6.45, 7) is 2.75. The van der Waals surface area contributed by atoms with Crippen molar-refractivity contribution in [3.8, 4) is 0 Å². The molecule has 0 fully saturated rings. The summed E-state index contributed by atoms with van der Waals surface area (Å²) in [7, 11) is 0. The van der Waals surface area contributed by atoms with Gasteiger partial charge in [0, 0.05) is 38.8 Å². The third kappa shape index (κ3) is 9.45. The van der Waals surface area contributed by atoms with Gasteiger partial charge in [0.2, 0.25) is 0 Å². The Bertz CT molecular complexity index is 1100. The van der Waals surface area contributed by atoms with Crippen LogP contribution in [0.3, 0.4) is 0 Å². The Morgan fingerprint density at radius 3 is 2.41 bits per heavy atom. The fraction of sp³-hybridized carbons (Fsp3) is 0.400. The second-order valence-corrected chi connectivity index (χ2v) is 8.74. The van der Waals surface area contributed by atoms with Crippen LogP contribution >= 0.6 is 12.2 Å². The summed E-state index contributed by atoms with van der Waals surface area (Å²) in [4.78, 5) is 48.0. The zero-order valence-electron chi connectivity index (χ0n) is 20.3. The Morgan fingerprint density at radius 1 is 1.05 bits per heavy atom. The first-order chi connectivity index (χ1) is 18.0. The molecule has 2 heterocycles. The molecule has 3 rings (SSSR count). The van der Waals surface area contributed by atoms with Crippen LogP contribution in [0.1, 0.15) is 17.0 Å². The van der Waals surface area contributed by atoms with Crippen molar-refractivity contribution in [3.63, 3.8) is 0 Å². The van der Waals surface area contributed by atoms with Gasteiger partial charge in [-0.1, -0.05) is 18.2 Å². The molecule has 0 aliphatic carbocycles. The monoisotopic (exact) mass is 527 g/mol. The summed E-state index contributed by atoms with van der Waals surface area (Å²) < 4.78 is 10.1. The van der Waals surface area contributed by atoms with E-state index in [0.717, 1.165) is 17.0 Å². The minimum absolute atomic E-state index is 0.0214. The van der Waals surface area contributed by atoms with Crippen LogP contribution < -0.4 is 0 Å². The average molecular weight is 528 g/mol. The number of fused-ring (bicyclic) bond motifs is 2. The van der Waals surface area contributed by atoms with Gasteiger partial charge in [-0.2, -0.15) is 4.99 Å². The summed E-state index contributed by atoms with van der Waals surface area (Å²) in [5, 5.41) is 11.9. The van der Waals surface area contributed by atoms with Crippen LogP contribution in [0.4, 0.5) is 5.69 Å². The van der Waals surface area contributed by atoms with Crippen LogP contribution in [-0.2, 0) is 43.4 Å². The first-order valence-corrected chi connectivity index (χ1v) is 12.0. The van der Waals surface area contributed by atoms with Gasteiger partial charge < -0.3 is 14.6 Å². The summed E-state index contributed by atoms with van der Waals surface area (Å²) in [6, 6.07) is 13.0. The largest absolute Gasteiger partial charge is 0.480 e. The van der Waals surface area contributed by atoms with Gasteiger partial charge in [-0.3, -0.25) is 34.1 Å². The number of aliphatic carboxylic acids is 1. The van der Waals surface area contributed by atoms with Gasteiger partial charge in [0.15, 0.2) is 0 Å². The number of aromatic nitrogens is 1. The number of carbonyl (C=O) groups is 3. The molecule has 2 aromatic rings. The summed E-state index contributed by atoms with van der Waals surface area (Å²) in [5.41, 5.74) is 3.23. The van der Waals surface area contributed by atoms with Gasteiger partial charge in [-0.05, 0) is 48.5 Å². The minimum Gasteiger partial charge on any atom is -0.480 e. The van der Waals surface area contributed by atoms with Crippen LogP contribution in [0.2, 0.25) is 0 Å². The number of rotatable bonds is 11. The first kappa shape index (κ1) is 28.0. The summed E-state index contributed by atoms with van der Waals surface area (Å²) >= 11 is 4.67. The van der Waals surface area contributed by atoms with E-state index in [4.69, 9.17) is 14.5 Å². The number of thiocarbonyl (C=S) groups is 1. The van der Waals surface area contributed by atoms with E-state index in [2.05, 4.69) is 22.4 Å². The third-order valence-corrected chi connectivity index (χ3v) is 6.00. The molecule has 2 bridgehead atoms. The maximum atomic E-state index is 11.7. The highest BCUT2D eigenvalue weighted by Crippen LogP contribution is 2.19. The molecule has 37 heavy (non-hydrogen) atoms. The van der Waals surface area contributed by atoms with Crippen LogP contribution in [0.5, 0.6) is 0 Å². The van der Waals surface area contributed by atoms with Crippen molar-refractivity contribution in [3.05, 3.63) is 59.4 Å². The highest BCUT2D eigenvalue weighted by Gasteiger charge is 2.26. The second-order valence-electron chi connectivity index (χ2n) is 8.56. The van der Waals surface area contributed by atoms with Crippen molar-refractivity contribution in [2.45, 2.75) is 25.6 Å². The van der Waals surface area contributed by atoms with E-state index < -0.39 is 5.97 Å². The topological polar surface area (TPSA) is 125 Å². The number of nitrogens with zero attached hydrogens (tertiary/aromatic N) is 5. The number of carboxylic acid groups (broad SMARTS) is 1. The molecule has 1 aliphatic heterocycles. The standard InChI is InChI=1S/C25H29N5O6S/c31-18-35-16-29-9-8-28(14-25(33)34)13-24(10-20-4-6-21(7-5-20)26-15-37)30(17-36-19-32)12-23-3-1-2-22(11-29)27-23/h1-7,18-19,24H,8-14,16-17H2,(H,33,34)/t24-/m0/s1. The highest BCUT2D eigenvalue weighted by atomic mass is 32.1. The number of hydrogen-bond acceptors (Lipinski definition) is 11. The first-order valence-electron chi connectivity index (χ1n) is 11.6. The Kier molecular flexibility index (Phi) is 11.3. The molecule has 1 aromatic heterocycles. The van der Waals surface area contributed by atoms with E-state index >= 15 is 0 Å². The number of carboxylic acids is 1. The van der Waals surface area contributed by atoms with Crippen molar-refractivity contribution in [2.24, 2.45) is 4.99 Å². The average Bonchev–Trinajstić information content (AvgIpc) is 2.88. The fourth-order valence-electron chi connectivity index (χ4n) is 4.22. The predicted molar refractivity (Wildman–Crippen MR) is 137 cm³/mol. The lowest BCUT2D eigenvalue weighted by Gasteiger charge is -2.36. The Morgan fingerprint density at radius 2 is 1.73 bits per heavy atom. The van der Waals surface area contributed by atoms with Crippen LogP contribution in [0.15, 0.2) is 47.5 Å². The molecule has 11 nitrogen and oxygen atoms in total. The van der Waals surface area contributed by atoms with Gasteiger partial charge in [0.05, 0.1) is 28.8 Å². The molecule has 196 valence electrons. The molecule has 0 amide bonds. The number of hydrogen-bond donors (Lipinski definition) is 1. The van der Waals surface area contributed by atoms with E-state index in [1.165, 1.54) is 0 Å². The molecular weight excluding hydrogens is 498 g/mol. The molecule has 0 spiro atoms. The SMILES string of the molecule is O=COCN1CCN(CC(=O)O)C[C@H](Cc2ccc(N=C=S)cc2)N(COC=O)Cc2cccc(n2)C1. The molecule has 12 heteroatoms. The molecule has 0 saturated heterocycles. The second kappa shape index (κ2) is 14.9. The molecule has 1 aromatic carbocycles. The molecule has 0 saturated carbocycles. The van der Waals surface area contributed by atoms with Gasteiger partial charge in [0.1, 0.15) is 13.5 Å². The number of benzene rings is 1. The predicted octanol–water partition coefficient (Wildman–Crippen LogP) is 1.69. The lowest BCUT2D eigenvalue weighted by Crippen LogP contribution is -2.49. The van der Waals surface area contributed by atoms with Crippen molar-refractivity contribution in [1.29, 1.82) is 0 Å². The van der Waals surface area contributed by atoms with E-state index in [-0.39, 0.29) is 26.0 Å². The minimum atomic E-state index is -0.952. The molecule has 1 aliphatic rings. The van der Waals surface area contributed by atoms with E-state index in [1.54, 1.807) is 0 Å². The molecule has 0 radical (unpaired) electrons. The van der Waals surface area contributed by atoms with Crippen LogP contribution in [0, 0.1) is 0 Å². The molecule has 1 N–H and O–H groups in total. The molecule has 1 atom stereocenters. The zero-order chi connectivity index (χ0) is 26.5. The lowest BCUT2D eigenvalue weighted by atomic mass is 10.0. The van der Waals surface area contributed by atoms with Gasteiger partial charge in [-0.15, -0.1) is 0 Å². The van der Waals surface area contributed by atoms with Crippen molar-refractivity contribution >= 4 is 42.0 Å². The highest BCUT2D eigenvalue weighted by molar-refractivity contribution is 7.78. The van der Waals surface area contributed by atoms with Crippen molar-refractivity contribution < 1.29 is 29.0 Å². The zero-order valence-corrected chi connectivity index (χ0v) is 21.1. The maximum Gasteiger partial charge on any atom is 0.317 e. The number of carbonyl (C=O) groups excluding carboxylic acids is 2. The summed E-state index contributed by atoms with van der Waals surface area (Å²) in [6.07, 6.45) is 0.553. The normalized spacial score (nSPS) is 17.5. The van der Waals surface area contributed by atoms with E-state index in [9.17, 15) is 19.5 Å². The van der Waals surface area contributed by atoms with Crippen LogP contribution in [-0.4, -0.2) is 94.5 Å². The third-order valence-electron chi connectivity index (χ3n) is 5.91. The van der Waals surface area contributed by atoms with Crippen molar-refractivity contribution in [1.82, 2.24) is 19.7 Å². The Labute approximate surface area is 220 Å². The number of pyridine rings is 1.